The zero-order valence-corrected chi connectivity index (χ0v) is 31.7. The average molecular weight is 749 g/mol. The lowest BCUT2D eigenvalue weighted by Gasteiger charge is -2.30. The number of nitrogens with one attached hydrogen (secondary N) is 1. The van der Waals surface area contributed by atoms with Gasteiger partial charge in [0.25, 0.3) is 0 Å². The van der Waals surface area contributed by atoms with E-state index in [1.54, 1.807) is 24.3 Å². The van der Waals surface area contributed by atoms with Crippen LogP contribution in [0, 0.1) is 23.5 Å². The van der Waals surface area contributed by atoms with Crippen LogP contribution in [0.15, 0.2) is 84.9 Å². The minimum absolute atomic E-state index is 0.0185. The van der Waals surface area contributed by atoms with Gasteiger partial charge in [0.15, 0.2) is 0 Å². The van der Waals surface area contributed by atoms with Crippen LogP contribution in [0.4, 0.5) is 20.2 Å². The number of hydrogen-bond donors (Lipinski definition) is 2. The molecule has 9 heteroatoms. The highest BCUT2D eigenvalue weighted by Crippen LogP contribution is 2.37. The van der Waals surface area contributed by atoms with Gasteiger partial charge in [-0.1, -0.05) is 62.4 Å². The molecule has 7 nitrogen and oxygen atoms in total. The second-order valence-corrected chi connectivity index (χ2v) is 15.3. The smallest absolute Gasteiger partial charge is 0.306 e. The molecule has 288 valence electrons. The lowest BCUT2D eigenvalue weighted by Crippen LogP contribution is -2.36. The molecule has 0 spiro atoms. The molecule has 2 heterocycles. The number of amides is 1. The van der Waals surface area contributed by atoms with Crippen molar-refractivity contribution < 1.29 is 33.1 Å². The Bertz CT molecular complexity index is 2000. The van der Waals surface area contributed by atoms with Crippen LogP contribution in [0.1, 0.15) is 97.6 Å². The standard InChI is InChI=1S/C23H24FNO2.C19H20FNO.C4H6O2/c1-15(22(26)13-16-4-9-20(24)10-5-16)18-8-11-21-19(14-18)3-2-12-25(21)23(27)17-6-7-17;1-13(19(22)11-14-4-7-17(20)8-5-14)15-6-9-18-16(12-15)3-2-10-21-18;5-4(6)3-1-2-3/h4-5,8-11,14-15,17H,2-3,6-7,12-13H2,1H3;4-9,12-13,21H,2-3,10-11H2,1H3;3H,1-2H2,(H,5,6). The van der Waals surface area contributed by atoms with Crippen molar-refractivity contribution in [3.05, 3.63) is 130 Å². The first-order valence-electron chi connectivity index (χ1n) is 19.5. The summed E-state index contributed by atoms with van der Waals surface area (Å²) in [6.07, 6.45) is 8.56. The second-order valence-electron chi connectivity index (χ2n) is 15.3. The molecule has 2 aliphatic carbocycles. The number of carbonyl (C=O) groups is 4. The zero-order valence-electron chi connectivity index (χ0n) is 31.7. The van der Waals surface area contributed by atoms with Crippen LogP contribution in [-0.4, -0.2) is 41.6 Å². The van der Waals surface area contributed by atoms with E-state index < -0.39 is 5.97 Å². The number of fused-ring (bicyclic) bond motifs is 2. The molecule has 4 aromatic rings. The lowest BCUT2D eigenvalue weighted by atomic mass is 9.89. The van der Waals surface area contributed by atoms with Crippen molar-refractivity contribution in [1.82, 2.24) is 0 Å². The van der Waals surface area contributed by atoms with Gasteiger partial charge in [-0.3, -0.25) is 19.2 Å². The third-order valence-electron chi connectivity index (χ3n) is 11.0. The molecule has 2 N–H and O–H groups in total. The summed E-state index contributed by atoms with van der Waals surface area (Å²) in [4.78, 5) is 49.4. The number of carboxylic acid groups (broad SMARTS) is 1. The first-order chi connectivity index (χ1) is 26.5. The van der Waals surface area contributed by atoms with Gasteiger partial charge in [-0.25, -0.2) is 8.78 Å². The van der Waals surface area contributed by atoms with E-state index in [9.17, 15) is 28.0 Å². The Kier molecular flexibility index (Phi) is 12.9. The monoisotopic (exact) mass is 748 g/mol. The van der Waals surface area contributed by atoms with Gasteiger partial charge in [-0.05, 0) is 121 Å². The van der Waals surface area contributed by atoms with Gasteiger partial charge in [0.1, 0.15) is 23.2 Å². The lowest BCUT2D eigenvalue weighted by molar-refractivity contribution is -0.138. The minimum Gasteiger partial charge on any atom is -0.481 e. The summed E-state index contributed by atoms with van der Waals surface area (Å²) in [6, 6.07) is 24.6. The van der Waals surface area contributed by atoms with Crippen LogP contribution < -0.4 is 10.2 Å². The van der Waals surface area contributed by atoms with E-state index in [-0.39, 0.29) is 52.8 Å². The Hall–Kier alpha value is -5.18. The summed E-state index contributed by atoms with van der Waals surface area (Å²) in [5, 5.41) is 11.4. The maximum atomic E-state index is 13.0. The van der Waals surface area contributed by atoms with Crippen molar-refractivity contribution in [3.8, 4) is 0 Å². The number of carboxylic acids is 1. The molecule has 2 atom stereocenters. The van der Waals surface area contributed by atoms with Gasteiger partial charge in [-0.15, -0.1) is 0 Å². The average Bonchev–Trinajstić information content (AvgIpc) is 4.13. The Morgan fingerprint density at radius 2 is 1.20 bits per heavy atom. The van der Waals surface area contributed by atoms with Gasteiger partial charge in [0, 0.05) is 55.1 Å². The van der Waals surface area contributed by atoms with Crippen molar-refractivity contribution in [3.63, 3.8) is 0 Å². The van der Waals surface area contributed by atoms with Crippen molar-refractivity contribution in [2.45, 2.75) is 89.9 Å². The maximum Gasteiger partial charge on any atom is 0.306 e. The summed E-state index contributed by atoms with van der Waals surface area (Å²) in [5.41, 5.74) is 8.40. The van der Waals surface area contributed by atoms with Gasteiger partial charge in [0.05, 0.1) is 5.92 Å². The van der Waals surface area contributed by atoms with Gasteiger partial charge >= 0.3 is 5.97 Å². The molecule has 2 fully saturated rings. The van der Waals surface area contributed by atoms with Crippen molar-refractivity contribution in [2.75, 3.05) is 23.3 Å². The number of aliphatic carboxylic acids is 1. The minimum atomic E-state index is -0.630. The number of halogens is 2. The second kappa shape index (κ2) is 18.0. The summed E-state index contributed by atoms with van der Waals surface area (Å²) < 4.78 is 26.0. The molecular weight excluding hydrogens is 699 g/mol. The number of benzene rings is 4. The fourth-order valence-corrected chi connectivity index (χ4v) is 7.05. The van der Waals surface area contributed by atoms with E-state index in [1.807, 2.05) is 36.9 Å². The quantitative estimate of drug-likeness (QED) is 0.168. The van der Waals surface area contributed by atoms with Gasteiger partial charge in [0.2, 0.25) is 5.91 Å². The van der Waals surface area contributed by atoms with E-state index in [4.69, 9.17) is 5.11 Å². The van der Waals surface area contributed by atoms with Crippen molar-refractivity contribution in [2.24, 2.45) is 11.8 Å². The normalized spacial score (nSPS) is 16.7. The molecule has 55 heavy (non-hydrogen) atoms. The number of ketones is 2. The molecule has 0 saturated heterocycles. The number of rotatable bonds is 10. The van der Waals surface area contributed by atoms with Crippen LogP contribution in [0.2, 0.25) is 0 Å². The van der Waals surface area contributed by atoms with Crippen LogP contribution in [0.25, 0.3) is 0 Å². The first-order valence-corrected chi connectivity index (χ1v) is 19.5. The summed E-state index contributed by atoms with van der Waals surface area (Å²) in [5.74, 6) is -0.799. The predicted molar refractivity (Wildman–Crippen MR) is 211 cm³/mol. The summed E-state index contributed by atoms with van der Waals surface area (Å²) >= 11 is 0. The molecule has 2 aliphatic heterocycles. The molecule has 1 amide bonds. The third kappa shape index (κ3) is 10.7. The number of nitrogens with zero attached hydrogens (tertiary/aromatic N) is 1. The van der Waals surface area contributed by atoms with E-state index in [1.165, 1.54) is 35.5 Å². The molecule has 0 aromatic heterocycles. The zero-order chi connectivity index (χ0) is 39.1. The Labute approximate surface area is 322 Å². The number of Topliss-reactive ketones (excluding diaryl/α,β-unsaturated/α-hetero) is 2. The molecule has 0 bridgehead atoms. The summed E-state index contributed by atoms with van der Waals surface area (Å²) in [7, 11) is 0. The van der Waals surface area contributed by atoms with E-state index in [0.29, 0.717) is 12.8 Å². The van der Waals surface area contributed by atoms with Gasteiger partial charge in [-0.2, -0.15) is 0 Å². The van der Waals surface area contributed by atoms with Crippen LogP contribution in [0.5, 0.6) is 0 Å². The Morgan fingerprint density at radius 1 is 0.691 bits per heavy atom. The van der Waals surface area contributed by atoms with Crippen molar-refractivity contribution in [1.29, 1.82) is 0 Å². The SMILES string of the molecule is CC(C(=O)Cc1ccc(F)cc1)c1ccc2c(c1)CCCN2.CC(C(=O)Cc1ccc(F)cc1)c1ccc2c(c1)CCCN2C(=O)C1CC1.O=C(O)C1CC1. The summed E-state index contributed by atoms with van der Waals surface area (Å²) in [6.45, 7) is 5.68. The molecule has 0 radical (unpaired) electrons. The van der Waals surface area contributed by atoms with Crippen molar-refractivity contribution >= 4 is 34.8 Å². The highest BCUT2D eigenvalue weighted by Gasteiger charge is 2.35. The Balaban J connectivity index is 0.000000165. The third-order valence-corrected chi connectivity index (χ3v) is 11.0. The Morgan fingerprint density at radius 3 is 1.71 bits per heavy atom. The van der Waals surface area contributed by atoms with Crippen LogP contribution in [-0.2, 0) is 44.9 Å². The largest absolute Gasteiger partial charge is 0.481 e. The van der Waals surface area contributed by atoms with E-state index in [2.05, 4.69) is 23.5 Å². The molecule has 4 aromatic carbocycles. The van der Waals surface area contributed by atoms with E-state index in [0.717, 1.165) is 98.0 Å². The van der Waals surface area contributed by atoms with Crippen LogP contribution in [0.3, 0.4) is 0 Å². The fourth-order valence-electron chi connectivity index (χ4n) is 7.05. The fraction of sp³-hybridized carbons (Fsp3) is 0.391. The molecular formula is C46H50F2N2O5. The predicted octanol–water partition coefficient (Wildman–Crippen LogP) is 9.01. The van der Waals surface area contributed by atoms with Gasteiger partial charge < -0.3 is 15.3 Å². The number of aryl methyl sites for hydroxylation is 2. The topological polar surface area (TPSA) is 104 Å². The van der Waals surface area contributed by atoms with E-state index >= 15 is 0 Å². The first kappa shape index (κ1) is 39.5. The number of anilines is 2. The number of hydrogen-bond acceptors (Lipinski definition) is 5. The molecule has 2 saturated carbocycles. The highest BCUT2D eigenvalue weighted by atomic mass is 19.1. The highest BCUT2D eigenvalue weighted by molar-refractivity contribution is 5.97. The van der Waals surface area contributed by atoms with Crippen LogP contribution >= 0.6 is 0 Å². The molecule has 2 unspecified atom stereocenters. The number of carbonyl (C=O) groups excluding carboxylic acids is 3. The molecule has 4 aliphatic rings. The molecule has 8 rings (SSSR count). The maximum absolute atomic E-state index is 13.0.